The van der Waals surface area contributed by atoms with Crippen LogP contribution in [0.3, 0.4) is 0 Å². The Labute approximate surface area is 125 Å². The van der Waals surface area contributed by atoms with Crippen LogP contribution in [-0.2, 0) is 11.0 Å². The molecule has 0 aliphatic carbocycles. The molecule has 1 amide bonds. The van der Waals surface area contributed by atoms with E-state index < -0.39 is 23.9 Å². The third-order valence-electron chi connectivity index (χ3n) is 3.01. The number of ether oxygens (including phenoxy) is 1. The first kappa shape index (κ1) is 18.2. The van der Waals surface area contributed by atoms with E-state index in [1.165, 1.54) is 20.1 Å². The second kappa shape index (κ2) is 7.46. The molecule has 2 unspecified atom stereocenters. The topological polar surface area (TPSA) is 78.8 Å². The van der Waals surface area contributed by atoms with Crippen molar-refractivity contribution in [3.63, 3.8) is 0 Å². The van der Waals surface area contributed by atoms with Crippen LogP contribution in [0.1, 0.15) is 30.6 Å². The first-order chi connectivity index (χ1) is 10.1. The molecule has 5 nitrogen and oxygen atoms in total. The summed E-state index contributed by atoms with van der Waals surface area (Å²) < 4.78 is 43.2. The molecular formula is C14H18F3NO4. The van der Waals surface area contributed by atoms with Crippen LogP contribution >= 0.6 is 0 Å². The van der Waals surface area contributed by atoms with Crippen LogP contribution in [0.5, 0.6) is 5.75 Å². The predicted molar refractivity (Wildman–Crippen MR) is 72.3 cm³/mol. The summed E-state index contributed by atoms with van der Waals surface area (Å²) in [5.74, 6) is -0.375. The Bertz CT molecular complexity index is 519. The number of aliphatic hydroxyl groups is 2. The van der Waals surface area contributed by atoms with Crippen molar-refractivity contribution in [1.29, 1.82) is 0 Å². The highest BCUT2D eigenvalue weighted by atomic mass is 19.4. The molecule has 3 N–H and O–H groups in total. The van der Waals surface area contributed by atoms with Gasteiger partial charge in [-0.3, -0.25) is 4.79 Å². The summed E-state index contributed by atoms with van der Waals surface area (Å²) in [6, 6.07) is 2.79. The molecule has 1 aromatic rings. The Morgan fingerprint density at radius 2 is 1.95 bits per heavy atom. The van der Waals surface area contributed by atoms with Gasteiger partial charge in [0.2, 0.25) is 5.91 Å². The van der Waals surface area contributed by atoms with Crippen LogP contribution < -0.4 is 10.1 Å². The van der Waals surface area contributed by atoms with Crippen molar-refractivity contribution >= 4 is 5.91 Å². The minimum absolute atomic E-state index is 0.000687. The van der Waals surface area contributed by atoms with Crippen molar-refractivity contribution in [2.75, 3.05) is 13.7 Å². The van der Waals surface area contributed by atoms with Gasteiger partial charge in [-0.25, -0.2) is 0 Å². The summed E-state index contributed by atoms with van der Waals surface area (Å²) in [5.41, 5.74) is -1.09. The average molecular weight is 321 g/mol. The van der Waals surface area contributed by atoms with Gasteiger partial charge >= 0.3 is 6.18 Å². The highest BCUT2D eigenvalue weighted by Crippen LogP contribution is 2.34. The highest BCUT2D eigenvalue weighted by Gasteiger charge is 2.32. The number of alkyl halides is 3. The number of aliphatic hydroxyl groups excluding tert-OH is 2. The number of amides is 1. The second-order valence-corrected chi connectivity index (χ2v) is 4.78. The Morgan fingerprint density at radius 3 is 2.45 bits per heavy atom. The van der Waals surface area contributed by atoms with Crippen LogP contribution in [0, 0.1) is 0 Å². The molecule has 0 saturated heterocycles. The number of carbonyl (C=O) groups excluding carboxylic acids is 1. The van der Waals surface area contributed by atoms with Gasteiger partial charge in [0.25, 0.3) is 0 Å². The standard InChI is InChI=1S/C14H18F3NO4/c1-8(19)18-4-3-12(20)13(21)9-5-10(14(15,16)17)7-11(6-9)22-2/h5-7,12-13,20-21H,3-4H2,1-2H3,(H,18,19). The van der Waals surface area contributed by atoms with Crippen LogP contribution in [0.15, 0.2) is 18.2 Å². The van der Waals surface area contributed by atoms with E-state index in [0.717, 1.165) is 12.1 Å². The van der Waals surface area contributed by atoms with Crippen LogP contribution in [0.4, 0.5) is 13.2 Å². The fourth-order valence-corrected chi connectivity index (χ4v) is 1.85. The van der Waals surface area contributed by atoms with Crippen molar-refractivity contribution in [3.05, 3.63) is 29.3 Å². The monoisotopic (exact) mass is 321 g/mol. The molecule has 0 radical (unpaired) electrons. The third kappa shape index (κ3) is 5.19. The molecule has 0 aromatic heterocycles. The van der Waals surface area contributed by atoms with E-state index in [0.29, 0.717) is 0 Å². The Morgan fingerprint density at radius 1 is 1.32 bits per heavy atom. The third-order valence-corrected chi connectivity index (χ3v) is 3.01. The zero-order chi connectivity index (χ0) is 16.9. The lowest BCUT2D eigenvalue weighted by molar-refractivity contribution is -0.137. The molecule has 0 spiro atoms. The molecule has 2 atom stereocenters. The van der Waals surface area contributed by atoms with E-state index in [9.17, 15) is 28.2 Å². The molecule has 1 aromatic carbocycles. The summed E-state index contributed by atoms with van der Waals surface area (Å²) in [6.07, 6.45) is -7.44. The van der Waals surface area contributed by atoms with Crippen molar-refractivity contribution < 1.29 is 32.9 Å². The number of methoxy groups -OCH3 is 1. The quantitative estimate of drug-likeness (QED) is 0.744. The van der Waals surface area contributed by atoms with Crippen molar-refractivity contribution in [3.8, 4) is 5.75 Å². The van der Waals surface area contributed by atoms with Crippen molar-refractivity contribution in [2.45, 2.75) is 31.7 Å². The largest absolute Gasteiger partial charge is 0.497 e. The Balaban J connectivity index is 2.91. The fourth-order valence-electron chi connectivity index (χ4n) is 1.85. The lowest BCUT2D eigenvalue weighted by Crippen LogP contribution is -2.27. The maximum absolute atomic E-state index is 12.8. The normalized spacial score (nSPS) is 14.3. The number of hydrogen-bond acceptors (Lipinski definition) is 4. The number of carbonyl (C=O) groups is 1. The van der Waals surface area contributed by atoms with Gasteiger partial charge in [0.1, 0.15) is 11.9 Å². The first-order valence-electron chi connectivity index (χ1n) is 6.52. The number of nitrogens with one attached hydrogen (secondary N) is 1. The SMILES string of the molecule is COc1cc(C(O)C(O)CCNC(C)=O)cc(C(F)(F)F)c1. The highest BCUT2D eigenvalue weighted by molar-refractivity contribution is 5.72. The first-order valence-corrected chi connectivity index (χ1v) is 6.52. The molecule has 124 valence electrons. The van der Waals surface area contributed by atoms with E-state index in [2.05, 4.69) is 5.32 Å². The zero-order valence-electron chi connectivity index (χ0n) is 12.1. The Hall–Kier alpha value is -1.80. The number of rotatable bonds is 6. The fraction of sp³-hybridized carbons (Fsp3) is 0.500. The zero-order valence-corrected chi connectivity index (χ0v) is 12.1. The van der Waals surface area contributed by atoms with Gasteiger partial charge in [-0.1, -0.05) is 0 Å². The summed E-state index contributed by atoms with van der Waals surface area (Å²) in [4.78, 5) is 10.7. The number of halogens is 3. The molecule has 0 fully saturated rings. The van der Waals surface area contributed by atoms with E-state index in [-0.39, 0.29) is 30.2 Å². The van der Waals surface area contributed by atoms with Gasteiger partial charge in [0, 0.05) is 13.5 Å². The smallest absolute Gasteiger partial charge is 0.416 e. The lowest BCUT2D eigenvalue weighted by atomic mass is 9.99. The van der Waals surface area contributed by atoms with Crippen molar-refractivity contribution in [1.82, 2.24) is 5.32 Å². The van der Waals surface area contributed by atoms with Crippen molar-refractivity contribution in [2.24, 2.45) is 0 Å². The molecule has 0 bridgehead atoms. The number of hydrogen-bond donors (Lipinski definition) is 3. The minimum Gasteiger partial charge on any atom is -0.497 e. The molecule has 0 aliphatic rings. The van der Waals surface area contributed by atoms with E-state index in [1.54, 1.807) is 0 Å². The molecule has 0 heterocycles. The number of benzene rings is 1. The van der Waals surface area contributed by atoms with Crippen LogP contribution in [0.2, 0.25) is 0 Å². The van der Waals surface area contributed by atoms with E-state index in [1.807, 2.05) is 0 Å². The summed E-state index contributed by atoms with van der Waals surface area (Å²) in [5, 5.41) is 22.2. The maximum atomic E-state index is 12.8. The maximum Gasteiger partial charge on any atom is 0.416 e. The van der Waals surface area contributed by atoms with E-state index >= 15 is 0 Å². The molecule has 22 heavy (non-hydrogen) atoms. The van der Waals surface area contributed by atoms with Crippen LogP contribution in [0.25, 0.3) is 0 Å². The van der Waals surface area contributed by atoms with Gasteiger partial charge in [0.15, 0.2) is 0 Å². The minimum atomic E-state index is -4.59. The molecule has 8 heteroatoms. The summed E-state index contributed by atoms with van der Waals surface area (Å²) in [7, 11) is 1.21. The van der Waals surface area contributed by atoms with Gasteiger partial charge in [-0.2, -0.15) is 13.2 Å². The lowest BCUT2D eigenvalue weighted by Gasteiger charge is -2.20. The predicted octanol–water partition coefficient (Wildman–Crippen LogP) is 1.63. The van der Waals surface area contributed by atoms with E-state index in [4.69, 9.17) is 4.74 Å². The van der Waals surface area contributed by atoms with Crippen LogP contribution in [-0.4, -0.2) is 35.9 Å². The Kier molecular flexibility index (Phi) is 6.19. The van der Waals surface area contributed by atoms with Gasteiger partial charge in [0.05, 0.1) is 18.8 Å². The molecule has 1 rings (SSSR count). The van der Waals surface area contributed by atoms with Gasteiger partial charge in [-0.05, 0) is 30.2 Å². The molecule has 0 saturated carbocycles. The molecule has 0 aliphatic heterocycles. The summed E-state index contributed by atoms with van der Waals surface area (Å²) >= 11 is 0. The second-order valence-electron chi connectivity index (χ2n) is 4.78. The van der Waals surface area contributed by atoms with Gasteiger partial charge < -0.3 is 20.3 Å². The molecular weight excluding hydrogens is 303 g/mol. The summed E-state index contributed by atoms with van der Waals surface area (Å²) in [6.45, 7) is 1.39. The average Bonchev–Trinajstić information content (AvgIpc) is 2.44. The van der Waals surface area contributed by atoms with Gasteiger partial charge in [-0.15, -0.1) is 0 Å².